The molecule has 0 saturated heterocycles. The number of quaternary nitrogens is 1. The fraction of sp³-hybridized carbons (Fsp3) is 0.167. The summed E-state index contributed by atoms with van der Waals surface area (Å²) in [6, 6.07) is 11.5. The molecule has 0 radical (unpaired) electrons. The molecule has 6 heteroatoms. The van der Waals surface area contributed by atoms with Gasteiger partial charge in [0.2, 0.25) is 6.73 Å². The molecule has 24 heavy (non-hydrogen) atoms. The van der Waals surface area contributed by atoms with Crippen molar-refractivity contribution in [1.82, 2.24) is 4.98 Å². The van der Waals surface area contributed by atoms with E-state index in [0.717, 1.165) is 40.9 Å². The van der Waals surface area contributed by atoms with Gasteiger partial charge in [-0.25, -0.2) is 0 Å². The van der Waals surface area contributed by atoms with Crippen LogP contribution in [0.4, 0.5) is 0 Å². The monoisotopic (exact) mass is 379 g/mol. The molecule has 2 heterocycles. The van der Waals surface area contributed by atoms with E-state index in [1.54, 1.807) is 6.20 Å². The van der Waals surface area contributed by atoms with E-state index in [-0.39, 0.29) is 0 Å². The number of hydrogen-bond donors (Lipinski definition) is 1. The lowest BCUT2D eigenvalue weighted by atomic mass is 10.1. The molecule has 122 valence electrons. The molecule has 0 aliphatic carbocycles. The van der Waals surface area contributed by atoms with Crippen LogP contribution in [-0.2, 0) is 13.1 Å². The summed E-state index contributed by atoms with van der Waals surface area (Å²) in [5.74, 6) is 0.841. The van der Waals surface area contributed by atoms with Crippen molar-refractivity contribution in [3.8, 4) is 5.75 Å². The van der Waals surface area contributed by atoms with Crippen molar-refractivity contribution in [2.75, 3.05) is 6.73 Å². The van der Waals surface area contributed by atoms with E-state index in [1.165, 1.54) is 4.90 Å². The molecule has 0 fully saturated rings. The second-order valence-electron chi connectivity index (χ2n) is 5.89. The predicted molar refractivity (Wildman–Crippen MR) is 97.1 cm³/mol. The van der Waals surface area contributed by atoms with Crippen molar-refractivity contribution < 1.29 is 9.64 Å². The Bertz CT molecular complexity index is 930. The number of halogens is 3. The van der Waals surface area contributed by atoms with Crippen molar-refractivity contribution >= 4 is 45.7 Å². The van der Waals surface area contributed by atoms with Crippen LogP contribution in [-0.4, -0.2) is 11.7 Å². The fourth-order valence-corrected chi connectivity index (χ4v) is 3.67. The SMILES string of the molecule is Clc1ccc(C[NH+]2COc3c(cc(Cl)c4cccnc34)C2)cc1Cl. The molecule has 0 spiro atoms. The number of pyridine rings is 1. The molecule has 4 rings (SSSR count). The van der Waals surface area contributed by atoms with Crippen LogP contribution in [0.5, 0.6) is 5.75 Å². The average Bonchev–Trinajstić information content (AvgIpc) is 2.58. The predicted octanol–water partition coefficient (Wildman–Crippen LogP) is 4.13. The maximum Gasteiger partial charge on any atom is 0.223 e. The summed E-state index contributed by atoms with van der Waals surface area (Å²) in [5, 5.41) is 2.77. The minimum absolute atomic E-state index is 0.569. The van der Waals surface area contributed by atoms with Gasteiger partial charge in [0, 0.05) is 17.1 Å². The van der Waals surface area contributed by atoms with Crippen LogP contribution >= 0.6 is 34.8 Å². The summed E-state index contributed by atoms with van der Waals surface area (Å²) >= 11 is 18.5. The van der Waals surface area contributed by atoms with Crippen LogP contribution < -0.4 is 9.64 Å². The maximum atomic E-state index is 6.40. The van der Waals surface area contributed by atoms with E-state index in [2.05, 4.69) is 4.98 Å². The number of nitrogens with zero attached hydrogens (tertiary/aromatic N) is 1. The Balaban J connectivity index is 1.63. The quantitative estimate of drug-likeness (QED) is 0.723. The summed E-state index contributed by atoms with van der Waals surface area (Å²) in [5.41, 5.74) is 3.03. The molecular weight excluding hydrogens is 367 g/mol. The second kappa shape index (κ2) is 6.41. The van der Waals surface area contributed by atoms with Crippen LogP contribution in [0.15, 0.2) is 42.6 Å². The topological polar surface area (TPSA) is 26.6 Å². The summed E-state index contributed by atoms with van der Waals surface area (Å²) < 4.78 is 6.01. The number of rotatable bonds is 2. The average molecular weight is 381 g/mol. The zero-order chi connectivity index (χ0) is 16.7. The number of hydrogen-bond acceptors (Lipinski definition) is 2. The minimum atomic E-state index is 0.569. The Hall–Kier alpha value is -1.52. The smallest absolute Gasteiger partial charge is 0.223 e. The van der Waals surface area contributed by atoms with Gasteiger partial charge in [-0.2, -0.15) is 0 Å². The number of benzene rings is 2. The van der Waals surface area contributed by atoms with Crippen LogP contribution in [0.1, 0.15) is 11.1 Å². The lowest BCUT2D eigenvalue weighted by Crippen LogP contribution is -3.10. The van der Waals surface area contributed by atoms with Gasteiger partial charge >= 0.3 is 0 Å². The molecule has 0 bridgehead atoms. The fourth-order valence-electron chi connectivity index (χ4n) is 3.07. The molecule has 3 aromatic rings. The first-order chi connectivity index (χ1) is 11.6. The van der Waals surface area contributed by atoms with Gasteiger partial charge in [0.1, 0.15) is 18.6 Å². The summed E-state index contributed by atoms with van der Waals surface area (Å²) in [6.07, 6.45) is 1.76. The molecule has 1 aliphatic heterocycles. The van der Waals surface area contributed by atoms with Crippen molar-refractivity contribution in [3.63, 3.8) is 0 Å². The molecule has 2 aromatic carbocycles. The van der Waals surface area contributed by atoms with Crippen LogP contribution in [0.3, 0.4) is 0 Å². The van der Waals surface area contributed by atoms with E-state index in [4.69, 9.17) is 39.5 Å². The summed E-state index contributed by atoms with van der Waals surface area (Å²) in [7, 11) is 0. The first kappa shape index (κ1) is 16.0. The van der Waals surface area contributed by atoms with Crippen molar-refractivity contribution in [2.45, 2.75) is 13.1 Å². The third kappa shape index (κ3) is 2.93. The Morgan fingerprint density at radius 3 is 2.75 bits per heavy atom. The largest absolute Gasteiger partial charge is 0.443 e. The van der Waals surface area contributed by atoms with Gasteiger partial charge < -0.3 is 4.74 Å². The number of ether oxygens (including phenoxy) is 1. The van der Waals surface area contributed by atoms with Gasteiger partial charge in [0.05, 0.1) is 20.6 Å². The summed E-state index contributed by atoms with van der Waals surface area (Å²) in [6.45, 7) is 2.19. The number of nitrogens with one attached hydrogen (secondary N) is 1. The van der Waals surface area contributed by atoms with Gasteiger partial charge in [0.15, 0.2) is 5.75 Å². The van der Waals surface area contributed by atoms with E-state index < -0.39 is 0 Å². The molecule has 1 N–H and O–H groups in total. The van der Waals surface area contributed by atoms with Crippen LogP contribution in [0.25, 0.3) is 10.9 Å². The Kier molecular flexibility index (Phi) is 4.27. The van der Waals surface area contributed by atoms with Gasteiger partial charge in [-0.15, -0.1) is 0 Å². The number of fused-ring (bicyclic) bond motifs is 3. The van der Waals surface area contributed by atoms with Crippen molar-refractivity contribution in [2.24, 2.45) is 0 Å². The minimum Gasteiger partial charge on any atom is -0.443 e. The van der Waals surface area contributed by atoms with Gasteiger partial charge in [0.25, 0.3) is 0 Å². The maximum absolute atomic E-state index is 6.40. The first-order valence-electron chi connectivity index (χ1n) is 7.58. The van der Waals surface area contributed by atoms with Crippen molar-refractivity contribution in [3.05, 3.63) is 68.8 Å². The Labute approximate surface area is 154 Å². The molecule has 0 amide bonds. The molecule has 1 unspecified atom stereocenters. The lowest BCUT2D eigenvalue weighted by molar-refractivity contribution is -0.945. The van der Waals surface area contributed by atoms with E-state index in [0.29, 0.717) is 21.8 Å². The standard InChI is InChI=1S/C18H13Cl3N2O/c19-14-4-3-11(6-16(14)21)8-23-9-12-7-15(20)13-2-1-5-22-17(13)18(12)24-10-23/h1-7H,8-10H2/p+1. The van der Waals surface area contributed by atoms with Crippen LogP contribution in [0.2, 0.25) is 15.1 Å². The molecule has 1 atom stereocenters. The van der Waals surface area contributed by atoms with Crippen LogP contribution in [0, 0.1) is 0 Å². The van der Waals surface area contributed by atoms with Gasteiger partial charge in [-0.1, -0.05) is 40.9 Å². The lowest BCUT2D eigenvalue weighted by Gasteiger charge is -2.27. The highest BCUT2D eigenvalue weighted by atomic mass is 35.5. The van der Waals surface area contributed by atoms with Crippen molar-refractivity contribution in [1.29, 1.82) is 0 Å². The molecule has 3 nitrogen and oxygen atoms in total. The number of aromatic nitrogens is 1. The van der Waals surface area contributed by atoms with E-state index >= 15 is 0 Å². The highest BCUT2D eigenvalue weighted by molar-refractivity contribution is 6.42. The second-order valence-corrected chi connectivity index (χ2v) is 7.11. The Morgan fingerprint density at radius 1 is 1.04 bits per heavy atom. The third-order valence-electron chi connectivity index (χ3n) is 4.17. The molecular formula is C18H14Cl3N2O+. The third-order valence-corrected chi connectivity index (χ3v) is 5.22. The highest BCUT2D eigenvalue weighted by Crippen LogP contribution is 2.34. The van der Waals surface area contributed by atoms with Gasteiger partial charge in [-0.3, -0.25) is 9.88 Å². The van der Waals surface area contributed by atoms with E-state index in [1.807, 2.05) is 36.4 Å². The zero-order valence-corrected chi connectivity index (χ0v) is 14.9. The molecule has 1 aliphatic rings. The molecule has 1 aromatic heterocycles. The first-order valence-corrected chi connectivity index (χ1v) is 8.71. The van der Waals surface area contributed by atoms with Gasteiger partial charge in [-0.05, 0) is 30.3 Å². The summed E-state index contributed by atoms with van der Waals surface area (Å²) in [4.78, 5) is 5.71. The highest BCUT2D eigenvalue weighted by Gasteiger charge is 2.24. The van der Waals surface area contributed by atoms with E-state index in [9.17, 15) is 0 Å². The Morgan fingerprint density at radius 2 is 1.92 bits per heavy atom. The normalized spacial score (nSPS) is 16.7. The molecule has 0 saturated carbocycles. The zero-order valence-electron chi connectivity index (χ0n) is 12.7.